The van der Waals surface area contributed by atoms with Crippen molar-refractivity contribution in [3.8, 4) is 0 Å². The summed E-state index contributed by atoms with van der Waals surface area (Å²) in [6.07, 6.45) is 7.55. The highest BCUT2D eigenvalue weighted by molar-refractivity contribution is 5.94. The van der Waals surface area contributed by atoms with Crippen molar-refractivity contribution in [2.45, 2.75) is 51.9 Å². The molecule has 2 amide bonds. The van der Waals surface area contributed by atoms with E-state index in [9.17, 15) is 19.7 Å². The number of nitrogens with one attached hydrogen (secondary N) is 4. The zero-order valence-corrected chi connectivity index (χ0v) is 20.1. The first-order valence-corrected chi connectivity index (χ1v) is 12.1. The summed E-state index contributed by atoms with van der Waals surface area (Å²) in [5.74, 6) is -0.0955. The van der Waals surface area contributed by atoms with Gasteiger partial charge in [-0.1, -0.05) is 31.9 Å². The Hall–Kier alpha value is -3.72. The van der Waals surface area contributed by atoms with Crippen LogP contribution in [-0.2, 0) is 11.2 Å². The van der Waals surface area contributed by atoms with Crippen LogP contribution in [0.2, 0.25) is 0 Å². The van der Waals surface area contributed by atoms with Crippen molar-refractivity contribution >= 4 is 28.4 Å². The van der Waals surface area contributed by atoms with Crippen LogP contribution < -0.4 is 16.2 Å². The molecule has 0 saturated carbocycles. The van der Waals surface area contributed by atoms with Crippen LogP contribution in [0.5, 0.6) is 0 Å². The molecule has 0 aliphatic rings. The normalized spacial score (nSPS) is 10.9. The number of hydrazine groups is 1. The number of nitro groups is 1. The van der Waals surface area contributed by atoms with E-state index in [1.54, 1.807) is 24.3 Å². The highest BCUT2D eigenvalue weighted by atomic mass is 16.6. The van der Waals surface area contributed by atoms with Crippen molar-refractivity contribution in [1.29, 1.82) is 0 Å². The van der Waals surface area contributed by atoms with Gasteiger partial charge in [0, 0.05) is 54.3 Å². The van der Waals surface area contributed by atoms with Gasteiger partial charge in [0.05, 0.1) is 4.92 Å². The van der Waals surface area contributed by atoms with Gasteiger partial charge in [-0.25, -0.2) is 5.43 Å². The molecule has 0 spiro atoms. The highest BCUT2D eigenvalue weighted by Gasteiger charge is 2.11. The molecular weight excluding hydrogens is 446 g/mol. The van der Waals surface area contributed by atoms with Crippen LogP contribution in [0.15, 0.2) is 48.7 Å². The fourth-order valence-electron chi connectivity index (χ4n) is 3.84. The van der Waals surface area contributed by atoms with E-state index in [4.69, 9.17) is 0 Å². The number of benzene rings is 2. The van der Waals surface area contributed by atoms with Crippen LogP contribution in [0, 0.1) is 10.1 Å². The summed E-state index contributed by atoms with van der Waals surface area (Å²) in [4.78, 5) is 37.9. The van der Waals surface area contributed by atoms with Crippen LogP contribution in [0.25, 0.3) is 10.9 Å². The summed E-state index contributed by atoms with van der Waals surface area (Å²) in [5.41, 5.74) is 9.06. The van der Waals surface area contributed by atoms with Crippen molar-refractivity contribution in [2.75, 3.05) is 13.1 Å². The quantitative estimate of drug-likeness (QED) is 0.155. The van der Waals surface area contributed by atoms with Crippen molar-refractivity contribution in [3.63, 3.8) is 0 Å². The number of unbranched alkanes of at least 4 members (excludes halogenated alkanes) is 3. The van der Waals surface area contributed by atoms with Gasteiger partial charge in [0.25, 0.3) is 11.6 Å². The van der Waals surface area contributed by atoms with Crippen LogP contribution in [0.3, 0.4) is 0 Å². The Morgan fingerprint density at radius 3 is 2.51 bits per heavy atom. The molecule has 0 atom stereocenters. The van der Waals surface area contributed by atoms with E-state index in [0.29, 0.717) is 24.9 Å². The molecule has 3 aromatic rings. The Morgan fingerprint density at radius 2 is 1.77 bits per heavy atom. The van der Waals surface area contributed by atoms with Crippen molar-refractivity contribution in [1.82, 2.24) is 21.2 Å². The third-order valence-corrected chi connectivity index (χ3v) is 5.79. The summed E-state index contributed by atoms with van der Waals surface area (Å²) < 4.78 is 0. The molecule has 3 rings (SSSR count). The minimum Gasteiger partial charge on any atom is -0.361 e. The first-order valence-electron chi connectivity index (χ1n) is 12.1. The van der Waals surface area contributed by atoms with Gasteiger partial charge < -0.3 is 10.3 Å². The molecule has 0 radical (unpaired) electrons. The lowest BCUT2D eigenvalue weighted by atomic mass is 10.0. The van der Waals surface area contributed by atoms with Gasteiger partial charge in [0.15, 0.2) is 0 Å². The topological polar surface area (TPSA) is 129 Å². The first-order chi connectivity index (χ1) is 17.0. The summed E-state index contributed by atoms with van der Waals surface area (Å²) in [6.45, 7) is 3.40. The van der Waals surface area contributed by atoms with Gasteiger partial charge in [-0.05, 0) is 55.0 Å². The molecule has 9 nitrogen and oxygen atoms in total. The second-order valence-electron chi connectivity index (χ2n) is 8.57. The number of nitrogens with zero attached hydrogens (tertiary/aromatic N) is 1. The standard InChI is InChI=1S/C26H33N5O4/c1-2-14-29-30-25(32)7-5-3-4-6-15-27-26(33)20-10-8-19(9-11-20)16-21-18-28-24-13-12-22(31(34)35)17-23(21)24/h8-13,17-18,28-29H,2-7,14-16H2,1H3,(H,27,33)(H,30,32). The Morgan fingerprint density at radius 1 is 1.00 bits per heavy atom. The van der Waals surface area contributed by atoms with E-state index in [1.165, 1.54) is 6.07 Å². The Bertz CT molecular complexity index is 1140. The molecule has 0 fully saturated rings. The number of carbonyl (C=O) groups excluding carboxylic acids is 2. The van der Waals surface area contributed by atoms with Crippen LogP contribution in [-0.4, -0.2) is 34.8 Å². The fraction of sp³-hybridized carbons (Fsp3) is 0.385. The molecule has 186 valence electrons. The maximum absolute atomic E-state index is 12.4. The summed E-state index contributed by atoms with van der Waals surface area (Å²) in [5, 5.41) is 14.9. The van der Waals surface area contributed by atoms with E-state index in [1.807, 2.05) is 25.3 Å². The number of carbonyl (C=O) groups is 2. The number of hydrogen-bond acceptors (Lipinski definition) is 5. The molecule has 0 bridgehead atoms. The smallest absolute Gasteiger partial charge is 0.270 e. The maximum Gasteiger partial charge on any atom is 0.270 e. The fourth-order valence-corrected chi connectivity index (χ4v) is 3.84. The third-order valence-electron chi connectivity index (χ3n) is 5.79. The molecule has 1 heterocycles. The first kappa shape index (κ1) is 25.9. The van der Waals surface area contributed by atoms with Crippen LogP contribution in [0.4, 0.5) is 5.69 Å². The average Bonchev–Trinajstić information content (AvgIpc) is 3.25. The van der Waals surface area contributed by atoms with Gasteiger partial charge in [-0.2, -0.15) is 0 Å². The number of nitro benzene ring substituents is 1. The molecular formula is C26H33N5O4. The molecule has 4 N–H and O–H groups in total. The van der Waals surface area contributed by atoms with Crippen LogP contribution in [0.1, 0.15) is 66.9 Å². The molecule has 9 heteroatoms. The molecule has 0 aliphatic heterocycles. The van der Waals surface area contributed by atoms with Gasteiger partial charge in [-0.15, -0.1) is 0 Å². The number of fused-ring (bicyclic) bond motifs is 1. The third kappa shape index (κ3) is 7.92. The van der Waals surface area contributed by atoms with E-state index in [-0.39, 0.29) is 17.5 Å². The van der Waals surface area contributed by atoms with Gasteiger partial charge >= 0.3 is 0 Å². The lowest BCUT2D eigenvalue weighted by Gasteiger charge is -2.07. The number of H-pyrrole nitrogens is 1. The monoisotopic (exact) mass is 479 g/mol. The van der Waals surface area contributed by atoms with Crippen LogP contribution >= 0.6 is 0 Å². The molecule has 2 aromatic carbocycles. The van der Waals surface area contributed by atoms with Gasteiger partial charge in [0.2, 0.25) is 5.91 Å². The average molecular weight is 480 g/mol. The molecule has 1 aromatic heterocycles. The van der Waals surface area contributed by atoms with E-state index in [2.05, 4.69) is 21.2 Å². The molecule has 0 saturated heterocycles. The van der Waals surface area contributed by atoms with Crippen molar-refractivity contribution in [2.24, 2.45) is 0 Å². The molecule has 0 unspecified atom stereocenters. The van der Waals surface area contributed by atoms with E-state index in [0.717, 1.165) is 60.7 Å². The second kappa shape index (κ2) is 13.2. The second-order valence-corrected chi connectivity index (χ2v) is 8.57. The number of rotatable bonds is 14. The highest BCUT2D eigenvalue weighted by Crippen LogP contribution is 2.25. The predicted molar refractivity (Wildman–Crippen MR) is 136 cm³/mol. The summed E-state index contributed by atoms with van der Waals surface area (Å²) in [6, 6.07) is 12.2. The predicted octanol–water partition coefficient (Wildman–Crippen LogP) is 4.38. The maximum atomic E-state index is 12.4. The minimum absolute atomic E-state index is 0.0150. The van der Waals surface area contributed by atoms with E-state index < -0.39 is 4.92 Å². The number of hydrogen-bond donors (Lipinski definition) is 4. The number of aromatic nitrogens is 1. The zero-order chi connectivity index (χ0) is 25.0. The minimum atomic E-state index is -0.393. The van der Waals surface area contributed by atoms with Gasteiger partial charge in [0.1, 0.15) is 0 Å². The lowest BCUT2D eigenvalue weighted by molar-refractivity contribution is -0.384. The van der Waals surface area contributed by atoms with E-state index >= 15 is 0 Å². The molecule has 0 aliphatic carbocycles. The SMILES string of the molecule is CCCNNC(=O)CCCCCCNC(=O)c1ccc(Cc2c[nH]c3ccc([N+](=O)[O-])cc23)cc1. The Balaban J connectivity index is 1.39. The van der Waals surface area contributed by atoms with Gasteiger partial charge in [-0.3, -0.25) is 25.1 Å². The zero-order valence-electron chi connectivity index (χ0n) is 20.1. The number of amides is 2. The number of aromatic amines is 1. The largest absolute Gasteiger partial charge is 0.361 e. The summed E-state index contributed by atoms with van der Waals surface area (Å²) >= 11 is 0. The lowest BCUT2D eigenvalue weighted by Crippen LogP contribution is -2.37. The number of non-ortho nitro benzene ring substituents is 1. The Labute approximate surface area is 204 Å². The van der Waals surface area contributed by atoms with Crippen molar-refractivity contribution < 1.29 is 14.5 Å². The summed E-state index contributed by atoms with van der Waals surface area (Å²) in [7, 11) is 0. The molecule has 35 heavy (non-hydrogen) atoms. The van der Waals surface area contributed by atoms with Crippen molar-refractivity contribution in [3.05, 3.63) is 75.5 Å². The Kier molecular flexibility index (Phi) is 9.80.